The molecule has 0 bridgehead atoms. The SMILES string of the molecule is COC(=O)c1cccc(/N=c2\sc(Br)cn2OC)n1. The molecule has 0 atom stereocenters. The van der Waals surface area contributed by atoms with E-state index in [2.05, 4.69) is 30.6 Å². The van der Waals surface area contributed by atoms with Crippen LogP contribution < -0.4 is 9.64 Å². The zero-order chi connectivity index (χ0) is 13.8. The number of aromatic nitrogens is 2. The largest absolute Gasteiger partial charge is 0.464 e. The third-order valence-corrected chi connectivity index (χ3v) is 3.58. The molecular weight excluding hydrogens is 334 g/mol. The first kappa shape index (κ1) is 13.8. The van der Waals surface area contributed by atoms with Crippen LogP contribution in [-0.4, -0.2) is 29.9 Å². The minimum absolute atomic E-state index is 0.211. The van der Waals surface area contributed by atoms with E-state index in [1.165, 1.54) is 30.3 Å². The van der Waals surface area contributed by atoms with Crippen molar-refractivity contribution in [3.63, 3.8) is 0 Å². The Morgan fingerprint density at radius 3 is 2.95 bits per heavy atom. The average molecular weight is 344 g/mol. The highest BCUT2D eigenvalue weighted by atomic mass is 79.9. The molecule has 6 nitrogen and oxygen atoms in total. The summed E-state index contributed by atoms with van der Waals surface area (Å²) >= 11 is 4.73. The number of pyridine rings is 1. The van der Waals surface area contributed by atoms with Gasteiger partial charge < -0.3 is 9.57 Å². The van der Waals surface area contributed by atoms with Crippen molar-refractivity contribution >= 4 is 39.1 Å². The maximum Gasteiger partial charge on any atom is 0.356 e. The van der Waals surface area contributed by atoms with Crippen LogP contribution >= 0.6 is 27.3 Å². The van der Waals surface area contributed by atoms with Gasteiger partial charge in [-0.1, -0.05) is 17.4 Å². The Balaban J connectivity index is 2.45. The number of nitrogens with zero attached hydrogens (tertiary/aromatic N) is 3. The molecule has 0 spiro atoms. The lowest BCUT2D eigenvalue weighted by molar-refractivity contribution is 0.0594. The van der Waals surface area contributed by atoms with Gasteiger partial charge in [0, 0.05) is 0 Å². The number of ether oxygens (including phenoxy) is 1. The quantitative estimate of drug-likeness (QED) is 0.797. The molecule has 0 radical (unpaired) electrons. The van der Waals surface area contributed by atoms with Crippen LogP contribution in [0.3, 0.4) is 0 Å². The first-order valence-electron chi connectivity index (χ1n) is 5.16. The van der Waals surface area contributed by atoms with Gasteiger partial charge in [0.1, 0.15) is 7.11 Å². The normalized spacial score (nSPS) is 11.4. The van der Waals surface area contributed by atoms with Gasteiger partial charge >= 0.3 is 5.97 Å². The smallest absolute Gasteiger partial charge is 0.356 e. The van der Waals surface area contributed by atoms with Gasteiger partial charge in [-0.05, 0) is 28.1 Å². The Labute approximate surface area is 121 Å². The first-order chi connectivity index (χ1) is 9.13. The Kier molecular flexibility index (Phi) is 4.33. The van der Waals surface area contributed by atoms with Gasteiger partial charge in [-0.15, -0.1) is 0 Å². The van der Waals surface area contributed by atoms with E-state index in [0.29, 0.717) is 10.6 Å². The molecular formula is C11H10BrN3O3S. The van der Waals surface area contributed by atoms with Crippen molar-refractivity contribution in [2.45, 2.75) is 0 Å². The average Bonchev–Trinajstić information content (AvgIpc) is 2.78. The van der Waals surface area contributed by atoms with E-state index in [0.717, 1.165) is 3.79 Å². The highest BCUT2D eigenvalue weighted by molar-refractivity contribution is 9.11. The number of rotatable bonds is 3. The van der Waals surface area contributed by atoms with E-state index in [1.54, 1.807) is 24.4 Å². The van der Waals surface area contributed by atoms with Crippen molar-refractivity contribution < 1.29 is 14.4 Å². The monoisotopic (exact) mass is 343 g/mol. The molecule has 2 rings (SSSR count). The Bertz CT molecular complexity index is 665. The second kappa shape index (κ2) is 5.98. The number of hydrogen-bond acceptors (Lipinski definition) is 6. The van der Waals surface area contributed by atoms with Gasteiger partial charge in [-0.3, -0.25) is 0 Å². The number of halogens is 1. The molecule has 2 aromatic heterocycles. The fourth-order valence-corrected chi connectivity index (χ4v) is 2.61. The summed E-state index contributed by atoms with van der Waals surface area (Å²) < 4.78 is 6.99. The zero-order valence-electron chi connectivity index (χ0n) is 10.2. The van der Waals surface area contributed by atoms with E-state index in [9.17, 15) is 4.79 Å². The van der Waals surface area contributed by atoms with Gasteiger partial charge in [0.05, 0.1) is 17.1 Å². The summed E-state index contributed by atoms with van der Waals surface area (Å²) in [5.74, 6) is -0.0907. The molecule has 0 unspecified atom stereocenters. The molecule has 0 saturated heterocycles. The van der Waals surface area contributed by atoms with Crippen LogP contribution in [-0.2, 0) is 4.74 Å². The van der Waals surface area contributed by atoms with E-state index < -0.39 is 5.97 Å². The van der Waals surface area contributed by atoms with Crippen LogP contribution in [0.1, 0.15) is 10.5 Å². The van der Waals surface area contributed by atoms with E-state index in [4.69, 9.17) is 4.84 Å². The van der Waals surface area contributed by atoms with Gasteiger partial charge in [0.25, 0.3) is 0 Å². The van der Waals surface area contributed by atoms with Crippen molar-refractivity contribution in [3.05, 3.63) is 38.7 Å². The predicted molar refractivity (Wildman–Crippen MR) is 73.3 cm³/mol. The highest BCUT2D eigenvalue weighted by Crippen LogP contribution is 2.13. The molecule has 0 aliphatic carbocycles. The molecule has 0 N–H and O–H groups in total. The van der Waals surface area contributed by atoms with Crippen molar-refractivity contribution in [1.82, 2.24) is 9.71 Å². The van der Waals surface area contributed by atoms with Crippen LogP contribution in [0, 0.1) is 0 Å². The highest BCUT2D eigenvalue weighted by Gasteiger charge is 2.07. The fraction of sp³-hybridized carbons (Fsp3) is 0.182. The molecule has 8 heteroatoms. The van der Waals surface area contributed by atoms with Crippen molar-refractivity contribution in [3.8, 4) is 0 Å². The molecule has 2 heterocycles. The summed E-state index contributed by atoms with van der Waals surface area (Å²) in [6.07, 6.45) is 1.74. The minimum Gasteiger partial charge on any atom is -0.464 e. The molecule has 100 valence electrons. The minimum atomic E-state index is -0.496. The summed E-state index contributed by atoms with van der Waals surface area (Å²) in [6.45, 7) is 0. The topological polar surface area (TPSA) is 65.7 Å². The molecule has 19 heavy (non-hydrogen) atoms. The van der Waals surface area contributed by atoms with Gasteiger partial charge in [0.2, 0.25) is 4.80 Å². The summed E-state index contributed by atoms with van der Waals surface area (Å²) in [5, 5.41) is 0. The Morgan fingerprint density at radius 1 is 1.47 bits per heavy atom. The van der Waals surface area contributed by atoms with Crippen LogP contribution in [0.5, 0.6) is 0 Å². The van der Waals surface area contributed by atoms with Crippen LogP contribution in [0.4, 0.5) is 5.82 Å². The van der Waals surface area contributed by atoms with Gasteiger partial charge in [-0.25, -0.2) is 9.78 Å². The molecule has 0 aromatic carbocycles. The molecule has 0 aliphatic rings. The number of thiazole rings is 1. The summed E-state index contributed by atoms with van der Waals surface area (Å²) in [6, 6.07) is 4.96. The lowest BCUT2D eigenvalue weighted by Gasteiger charge is -2.00. The summed E-state index contributed by atoms with van der Waals surface area (Å²) in [5.41, 5.74) is 0.211. The molecule has 2 aromatic rings. The second-order valence-corrected chi connectivity index (χ2v) is 5.70. The van der Waals surface area contributed by atoms with Crippen molar-refractivity contribution in [2.75, 3.05) is 14.2 Å². The number of carbonyl (C=O) groups excluding carboxylic acids is 1. The third-order valence-electron chi connectivity index (χ3n) is 2.13. The summed E-state index contributed by atoms with van der Waals surface area (Å²) in [4.78, 5) is 25.5. The standard InChI is InChI=1S/C11H10BrN3O3S/c1-17-10(16)7-4-3-5-9(13-7)14-11-15(18-2)6-8(12)19-11/h3-6H,1-2H3/b14-11-. The second-order valence-electron chi connectivity index (χ2n) is 3.31. The van der Waals surface area contributed by atoms with E-state index >= 15 is 0 Å². The fourth-order valence-electron chi connectivity index (χ4n) is 1.31. The third kappa shape index (κ3) is 3.21. The number of hydrogen-bond donors (Lipinski definition) is 0. The van der Waals surface area contributed by atoms with E-state index in [-0.39, 0.29) is 5.69 Å². The number of methoxy groups -OCH3 is 1. The first-order valence-corrected chi connectivity index (χ1v) is 6.77. The van der Waals surface area contributed by atoms with Gasteiger partial charge in [-0.2, -0.15) is 9.72 Å². The summed E-state index contributed by atoms with van der Waals surface area (Å²) in [7, 11) is 2.85. The molecule has 0 saturated carbocycles. The number of carbonyl (C=O) groups is 1. The van der Waals surface area contributed by atoms with Crippen LogP contribution in [0.15, 0.2) is 33.2 Å². The van der Waals surface area contributed by atoms with Crippen LogP contribution in [0.25, 0.3) is 0 Å². The lowest BCUT2D eigenvalue weighted by Crippen LogP contribution is -2.19. The molecule has 0 aliphatic heterocycles. The van der Waals surface area contributed by atoms with Crippen LogP contribution in [0.2, 0.25) is 0 Å². The zero-order valence-corrected chi connectivity index (χ0v) is 12.6. The molecule has 0 fully saturated rings. The predicted octanol–water partition coefficient (Wildman–Crippen LogP) is 1.78. The maximum atomic E-state index is 11.4. The maximum absolute atomic E-state index is 11.4. The van der Waals surface area contributed by atoms with Crippen molar-refractivity contribution in [1.29, 1.82) is 0 Å². The van der Waals surface area contributed by atoms with Gasteiger partial charge in [0.15, 0.2) is 11.5 Å². The number of esters is 1. The van der Waals surface area contributed by atoms with E-state index in [1.807, 2.05) is 0 Å². The Hall–Kier alpha value is -1.67. The van der Waals surface area contributed by atoms with Crippen molar-refractivity contribution in [2.24, 2.45) is 4.99 Å². The lowest BCUT2D eigenvalue weighted by atomic mass is 10.3. The Morgan fingerprint density at radius 2 is 2.26 bits per heavy atom. The molecule has 0 amide bonds.